The van der Waals surface area contributed by atoms with E-state index in [1.807, 2.05) is 18.2 Å². The summed E-state index contributed by atoms with van der Waals surface area (Å²) >= 11 is 3.49. The monoisotopic (exact) mass is 316 g/mol. The third kappa shape index (κ3) is 6.38. The third-order valence-electron chi connectivity index (χ3n) is 2.47. The Labute approximate surface area is 118 Å². The lowest BCUT2D eigenvalue weighted by atomic mass is 10.2. The number of benzene rings is 1. The largest absolute Gasteiger partial charge is 0.490 e. The van der Waals surface area contributed by atoms with E-state index in [4.69, 9.17) is 9.47 Å². The molecule has 0 atom stereocenters. The fraction of sp³-hybridized carbons (Fsp3) is 0.571. The molecular formula is C14H23BrNO2+. The first-order valence-electron chi connectivity index (χ1n) is 6.39. The van der Waals surface area contributed by atoms with Gasteiger partial charge in [0, 0.05) is 0 Å². The molecule has 0 unspecified atom stereocenters. The molecule has 0 bridgehead atoms. The summed E-state index contributed by atoms with van der Waals surface area (Å²) in [4.78, 5) is 0. The number of ether oxygens (including phenoxy) is 2. The molecule has 0 saturated carbocycles. The van der Waals surface area contributed by atoms with Crippen molar-refractivity contribution in [2.24, 2.45) is 0 Å². The highest BCUT2D eigenvalue weighted by Crippen LogP contribution is 2.25. The zero-order valence-electron chi connectivity index (χ0n) is 11.4. The molecule has 0 amide bonds. The molecular weight excluding hydrogens is 294 g/mol. The molecule has 0 aliphatic heterocycles. The molecule has 4 heteroatoms. The molecule has 0 saturated heterocycles. The summed E-state index contributed by atoms with van der Waals surface area (Å²) in [6.45, 7) is 9.41. The third-order valence-corrected chi connectivity index (χ3v) is 3.09. The first-order chi connectivity index (χ1) is 8.59. The zero-order chi connectivity index (χ0) is 13.4. The van der Waals surface area contributed by atoms with Crippen LogP contribution in [0.2, 0.25) is 0 Å². The Kier molecular flexibility index (Phi) is 7.32. The van der Waals surface area contributed by atoms with Gasteiger partial charge in [-0.3, -0.25) is 0 Å². The lowest BCUT2D eigenvalue weighted by molar-refractivity contribution is -0.684. The molecule has 0 heterocycles. The molecule has 2 N–H and O–H groups in total. The molecule has 0 spiro atoms. The van der Waals surface area contributed by atoms with Gasteiger partial charge in [-0.15, -0.1) is 0 Å². The lowest BCUT2D eigenvalue weighted by Gasteiger charge is -2.09. The normalized spacial score (nSPS) is 10.9. The first kappa shape index (κ1) is 15.5. The van der Waals surface area contributed by atoms with Crippen LogP contribution in [-0.4, -0.2) is 32.4 Å². The minimum atomic E-state index is 0.587. The summed E-state index contributed by atoms with van der Waals surface area (Å²) in [6.07, 6.45) is 0. The van der Waals surface area contributed by atoms with Gasteiger partial charge in [-0.05, 0) is 54.4 Å². The Hall–Kier alpha value is -0.580. The van der Waals surface area contributed by atoms with Crippen molar-refractivity contribution in [3.63, 3.8) is 0 Å². The minimum absolute atomic E-state index is 0.587. The van der Waals surface area contributed by atoms with E-state index < -0.39 is 0 Å². The van der Waals surface area contributed by atoms with E-state index in [9.17, 15) is 0 Å². The number of halogens is 1. The van der Waals surface area contributed by atoms with Gasteiger partial charge in [0.2, 0.25) is 0 Å². The highest BCUT2D eigenvalue weighted by molar-refractivity contribution is 9.10. The standard InChI is InChI=1S/C14H22BrNO2/c1-11(2)16-6-7-17-8-9-18-14-5-4-12(3)10-13(14)15/h4-5,10-11,16H,6-9H2,1-3H3/p+1. The van der Waals surface area contributed by atoms with Crippen molar-refractivity contribution in [3.05, 3.63) is 28.2 Å². The van der Waals surface area contributed by atoms with Gasteiger partial charge in [0.05, 0.1) is 30.3 Å². The smallest absolute Gasteiger partial charge is 0.133 e. The summed E-state index contributed by atoms with van der Waals surface area (Å²) in [6, 6.07) is 6.70. The van der Waals surface area contributed by atoms with Crippen LogP contribution < -0.4 is 10.1 Å². The van der Waals surface area contributed by atoms with Gasteiger partial charge in [-0.1, -0.05) is 6.07 Å². The fourth-order valence-electron chi connectivity index (χ4n) is 1.52. The second-order valence-corrected chi connectivity index (χ2v) is 5.52. The Morgan fingerprint density at radius 2 is 2.00 bits per heavy atom. The van der Waals surface area contributed by atoms with E-state index in [0.717, 1.165) is 23.4 Å². The van der Waals surface area contributed by atoms with Crippen LogP contribution in [0.3, 0.4) is 0 Å². The molecule has 1 rings (SSSR count). The topological polar surface area (TPSA) is 35.1 Å². The first-order valence-corrected chi connectivity index (χ1v) is 7.19. The van der Waals surface area contributed by atoms with E-state index in [0.29, 0.717) is 19.3 Å². The molecule has 18 heavy (non-hydrogen) atoms. The van der Waals surface area contributed by atoms with Gasteiger partial charge in [0.15, 0.2) is 0 Å². The lowest BCUT2D eigenvalue weighted by Crippen LogP contribution is -2.89. The van der Waals surface area contributed by atoms with Crippen LogP contribution in [0, 0.1) is 6.92 Å². The van der Waals surface area contributed by atoms with E-state index >= 15 is 0 Å². The van der Waals surface area contributed by atoms with Gasteiger partial charge in [0.1, 0.15) is 12.4 Å². The Balaban J connectivity index is 2.11. The SMILES string of the molecule is Cc1ccc(OCCOCC[NH2+]C(C)C)c(Br)c1. The summed E-state index contributed by atoms with van der Waals surface area (Å²) in [5, 5.41) is 2.26. The molecule has 102 valence electrons. The number of aryl methyl sites for hydroxylation is 1. The average Bonchev–Trinajstić information content (AvgIpc) is 2.30. The van der Waals surface area contributed by atoms with E-state index in [2.05, 4.69) is 42.0 Å². The molecule has 1 aromatic rings. The van der Waals surface area contributed by atoms with Crippen LogP contribution in [0.4, 0.5) is 0 Å². The van der Waals surface area contributed by atoms with Gasteiger partial charge >= 0.3 is 0 Å². The number of hydrogen-bond donors (Lipinski definition) is 1. The van der Waals surface area contributed by atoms with Crippen molar-refractivity contribution in [1.82, 2.24) is 0 Å². The van der Waals surface area contributed by atoms with Gasteiger partial charge in [-0.2, -0.15) is 0 Å². The van der Waals surface area contributed by atoms with Crippen LogP contribution in [-0.2, 0) is 4.74 Å². The number of quaternary nitrogens is 1. The molecule has 0 radical (unpaired) electrons. The maximum Gasteiger partial charge on any atom is 0.133 e. The predicted molar refractivity (Wildman–Crippen MR) is 77.1 cm³/mol. The minimum Gasteiger partial charge on any atom is -0.490 e. The maximum absolute atomic E-state index is 5.64. The van der Waals surface area contributed by atoms with Crippen molar-refractivity contribution < 1.29 is 14.8 Å². The Morgan fingerprint density at radius 1 is 1.22 bits per heavy atom. The molecule has 0 aliphatic carbocycles. The van der Waals surface area contributed by atoms with Crippen LogP contribution in [0.25, 0.3) is 0 Å². The van der Waals surface area contributed by atoms with E-state index in [1.165, 1.54) is 5.56 Å². The average molecular weight is 317 g/mol. The van der Waals surface area contributed by atoms with Crippen molar-refractivity contribution in [3.8, 4) is 5.75 Å². The van der Waals surface area contributed by atoms with E-state index in [-0.39, 0.29) is 0 Å². The summed E-state index contributed by atoms with van der Waals surface area (Å²) in [5.41, 5.74) is 1.22. The highest BCUT2D eigenvalue weighted by Gasteiger charge is 2.01. The highest BCUT2D eigenvalue weighted by atomic mass is 79.9. The van der Waals surface area contributed by atoms with Crippen molar-refractivity contribution in [1.29, 1.82) is 0 Å². The number of nitrogens with two attached hydrogens (primary N) is 1. The molecule has 3 nitrogen and oxygen atoms in total. The van der Waals surface area contributed by atoms with Crippen LogP contribution >= 0.6 is 15.9 Å². The second kappa shape index (κ2) is 8.51. The number of hydrogen-bond acceptors (Lipinski definition) is 2. The molecule has 1 aromatic carbocycles. The summed E-state index contributed by atoms with van der Waals surface area (Å²) in [7, 11) is 0. The van der Waals surface area contributed by atoms with Gasteiger partial charge < -0.3 is 14.8 Å². The van der Waals surface area contributed by atoms with Crippen molar-refractivity contribution in [2.45, 2.75) is 26.8 Å². The second-order valence-electron chi connectivity index (χ2n) is 4.66. The van der Waals surface area contributed by atoms with Gasteiger partial charge in [-0.25, -0.2) is 0 Å². The fourth-order valence-corrected chi connectivity index (χ4v) is 2.13. The van der Waals surface area contributed by atoms with Crippen molar-refractivity contribution >= 4 is 15.9 Å². The zero-order valence-corrected chi connectivity index (χ0v) is 13.0. The summed E-state index contributed by atoms with van der Waals surface area (Å²) < 4.78 is 12.1. The number of rotatable bonds is 8. The quantitative estimate of drug-likeness (QED) is 0.746. The van der Waals surface area contributed by atoms with Crippen LogP contribution in [0.1, 0.15) is 19.4 Å². The predicted octanol–water partition coefficient (Wildman–Crippen LogP) is 2.12. The Morgan fingerprint density at radius 3 is 2.67 bits per heavy atom. The molecule has 0 aromatic heterocycles. The maximum atomic E-state index is 5.64. The van der Waals surface area contributed by atoms with Crippen molar-refractivity contribution in [2.75, 3.05) is 26.4 Å². The summed E-state index contributed by atoms with van der Waals surface area (Å²) in [5.74, 6) is 0.873. The molecule has 0 aliphatic rings. The Bertz CT molecular complexity index is 356. The van der Waals surface area contributed by atoms with E-state index in [1.54, 1.807) is 0 Å². The van der Waals surface area contributed by atoms with Crippen LogP contribution in [0.5, 0.6) is 5.75 Å². The molecule has 0 fully saturated rings. The van der Waals surface area contributed by atoms with Crippen LogP contribution in [0.15, 0.2) is 22.7 Å². The van der Waals surface area contributed by atoms with Gasteiger partial charge in [0.25, 0.3) is 0 Å².